The van der Waals surface area contributed by atoms with Crippen molar-refractivity contribution < 1.29 is 9.15 Å². The van der Waals surface area contributed by atoms with Gasteiger partial charge in [0, 0.05) is 7.05 Å². The van der Waals surface area contributed by atoms with Gasteiger partial charge in [-0.2, -0.15) is 0 Å². The minimum absolute atomic E-state index is 0.238. The van der Waals surface area contributed by atoms with Crippen molar-refractivity contribution in [3.63, 3.8) is 0 Å². The molecule has 1 rings (SSSR count). The van der Waals surface area contributed by atoms with Gasteiger partial charge in [0.15, 0.2) is 0 Å². The first-order chi connectivity index (χ1) is 4.24. The molecular weight excluding hydrogens is 122 g/mol. The highest BCUT2D eigenvalue weighted by atomic mass is 16.6. The molecular formula is C5H7NO3. The zero-order chi connectivity index (χ0) is 6.85. The molecule has 0 saturated heterocycles. The minimum atomic E-state index is -0.410. The highest BCUT2D eigenvalue weighted by Gasteiger charge is 1.98. The van der Waals surface area contributed by atoms with E-state index in [2.05, 4.69) is 9.15 Å². The molecule has 4 heteroatoms. The molecule has 9 heavy (non-hydrogen) atoms. The van der Waals surface area contributed by atoms with E-state index in [1.54, 1.807) is 7.05 Å². The summed E-state index contributed by atoms with van der Waals surface area (Å²) in [6.07, 6.45) is 1.47. The number of nitrogens with zero attached hydrogens (tertiary/aromatic N) is 1. The fraction of sp³-hybridized carbons (Fsp3) is 0.400. The van der Waals surface area contributed by atoms with Crippen LogP contribution >= 0.6 is 0 Å². The zero-order valence-corrected chi connectivity index (χ0v) is 5.25. The second kappa shape index (κ2) is 1.97. The number of oxazole rings is 1. The molecule has 50 valence electrons. The summed E-state index contributed by atoms with van der Waals surface area (Å²) in [7, 11) is 3.03. The molecule has 0 radical (unpaired) electrons. The second-order valence-corrected chi connectivity index (χ2v) is 1.63. The first-order valence-corrected chi connectivity index (χ1v) is 2.44. The van der Waals surface area contributed by atoms with Crippen LogP contribution in [-0.2, 0) is 7.05 Å². The van der Waals surface area contributed by atoms with Gasteiger partial charge in [-0.05, 0) is 0 Å². The zero-order valence-electron chi connectivity index (χ0n) is 5.25. The number of methoxy groups -OCH3 is 1. The van der Waals surface area contributed by atoms with Crippen LogP contribution in [0.15, 0.2) is 15.4 Å². The summed E-state index contributed by atoms with van der Waals surface area (Å²) >= 11 is 0. The van der Waals surface area contributed by atoms with Crippen molar-refractivity contribution >= 4 is 0 Å². The van der Waals surface area contributed by atoms with Gasteiger partial charge in [0.1, 0.15) is 0 Å². The average molecular weight is 129 g/mol. The third-order valence-corrected chi connectivity index (χ3v) is 0.976. The molecule has 0 N–H and O–H groups in total. The van der Waals surface area contributed by atoms with Gasteiger partial charge >= 0.3 is 11.7 Å². The predicted octanol–water partition coefficient (Wildman–Crippen LogP) is -0.0131. The molecule has 0 spiro atoms. The number of ether oxygens (including phenoxy) is 1. The molecule has 0 fully saturated rings. The van der Waals surface area contributed by atoms with Crippen molar-refractivity contribution in [2.24, 2.45) is 7.05 Å². The van der Waals surface area contributed by atoms with Gasteiger partial charge in [-0.15, -0.1) is 0 Å². The average Bonchev–Trinajstić information content (AvgIpc) is 2.13. The van der Waals surface area contributed by atoms with Gasteiger partial charge in [0.05, 0.1) is 13.3 Å². The van der Waals surface area contributed by atoms with Crippen LogP contribution in [0.1, 0.15) is 0 Å². The number of aryl methyl sites for hydroxylation is 1. The maximum atomic E-state index is 10.5. The Labute approximate surface area is 51.7 Å². The molecule has 0 amide bonds. The van der Waals surface area contributed by atoms with E-state index in [1.165, 1.54) is 17.9 Å². The number of aromatic nitrogens is 1. The van der Waals surface area contributed by atoms with Crippen molar-refractivity contribution in [1.82, 2.24) is 4.57 Å². The van der Waals surface area contributed by atoms with Crippen molar-refractivity contribution in [2.75, 3.05) is 7.11 Å². The SMILES string of the molecule is COc1cn(C)c(=O)o1. The van der Waals surface area contributed by atoms with Gasteiger partial charge in [0.2, 0.25) is 0 Å². The quantitative estimate of drug-likeness (QED) is 0.535. The highest BCUT2D eigenvalue weighted by molar-refractivity contribution is 4.95. The Bertz CT molecular complexity index is 247. The fourth-order valence-electron chi connectivity index (χ4n) is 0.490. The molecule has 1 heterocycles. The third-order valence-electron chi connectivity index (χ3n) is 0.976. The van der Waals surface area contributed by atoms with Crippen LogP contribution in [0.4, 0.5) is 0 Å². The lowest BCUT2D eigenvalue weighted by molar-refractivity contribution is 0.293. The first kappa shape index (κ1) is 5.94. The van der Waals surface area contributed by atoms with Crippen LogP contribution in [0.25, 0.3) is 0 Å². The van der Waals surface area contributed by atoms with Crippen molar-refractivity contribution in [3.8, 4) is 5.95 Å². The summed E-state index contributed by atoms with van der Waals surface area (Å²) in [6.45, 7) is 0. The van der Waals surface area contributed by atoms with Crippen LogP contribution < -0.4 is 10.5 Å². The molecule has 0 saturated carbocycles. The lowest BCUT2D eigenvalue weighted by Gasteiger charge is -1.84. The Morgan fingerprint density at radius 2 is 2.44 bits per heavy atom. The summed E-state index contributed by atoms with van der Waals surface area (Å²) in [5, 5.41) is 0. The van der Waals surface area contributed by atoms with E-state index >= 15 is 0 Å². The molecule has 4 nitrogen and oxygen atoms in total. The molecule has 1 aromatic rings. The Hall–Kier alpha value is -1.19. The van der Waals surface area contributed by atoms with Crippen molar-refractivity contribution in [3.05, 3.63) is 16.7 Å². The van der Waals surface area contributed by atoms with Crippen LogP contribution in [0.2, 0.25) is 0 Å². The summed E-state index contributed by atoms with van der Waals surface area (Å²) in [5.41, 5.74) is 0. The Balaban J connectivity index is 3.13. The Kier molecular flexibility index (Phi) is 1.30. The Morgan fingerprint density at radius 3 is 2.67 bits per heavy atom. The van der Waals surface area contributed by atoms with Gasteiger partial charge in [-0.25, -0.2) is 4.79 Å². The van der Waals surface area contributed by atoms with E-state index in [4.69, 9.17) is 0 Å². The monoisotopic (exact) mass is 129 g/mol. The summed E-state index contributed by atoms with van der Waals surface area (Å²) in [4.78, 5) is 10.5. The normalized spacial score (nSPS) is 9.56. The van der Waals surface area contributed by atoms with Crippen LogP contribution in [0.5, 0.6) is 5.95 Å². The summed E-state index contributed by atoms with van der Waals surface area (Å²) < 4.78 is 10.5. The Morgan fingerprint density at radius 1 is 1.78 bits per heavy atom. The standard InChI is InChI=1S/C5H7NO3/c1-6-3-4(8-2)9-5(6)7/h3H,1-2H3. The van der Waals surface area contributed by atoms with E-state index in [0.29, 0.717) is 0 Å². The van der Waals surface area contributed by atoms with Gasteiger partial charge in [-0.3, -0.25) is 4.57 Å². The third kappa shape index (κ3) is 0.960. The second-order valence-electron chi connectivity index (χ2n) is 1.63. The van der Waals surface area contributed by atoms with Crippen molar-refractivity contribution in [2.45, 2.75) is 0 Å². The topological polar surface area (TPSA) is 44.4 Å². The van der Waals surface area contributed by atoms with E-state index < -0.39 is 5.76 Å². The molecule has 0 aliphatic rings. The van der Waals surface area contributed by atoms with Gasteiger partial charge in [-0.1, -0.05) is 0 Å². The van der Waals surface area contributed by atoms with E-state index in [0.717, 1.165) is 0 Å². The van der Waals surface area contributed by atoms with E-state index in [1.807, 2.05) is 0 Å². The molecule has 0 aliphatic carbocycles. The van der Waals surface area contributed by atoms with Crippen LogP contribution in [0, 0.1) is 0 Å². The lowest BCUT2D eigenvalue weighted by Crippen LogP contribution is -2.06. The maximum Gasteiger partial charge on any atom is 0.421 e. The van der Waals surface area contributed by atoms with Gasteiger partial charge in [0.25, 0.3) is 0 Å². The smallest absolute Gasteiger partial charge is 0.421 e. The van der Waals surface area contributed by atoms with Crippen LogP contribution in [-0.4, -0.2) is 11.7 Å². The largest absolute Gasteiger partial charge is 0.467 e. The van der Waals surface area contributed by atoms with E-state index in [-0.39, 0.29) is 5.95 Å². The summed E-state index contributed by atoms with van der Waals surface area (Å²) in [5.74, 6) is -0.172. The first-order valence-electron chi connectivity index (χ1n) is 2.44. The van der Waals surface area contributed by atoms with Crippen LogP contribution in [0.3, 0.4) is 0 Å². The minimum Gasteiger partial charge on any atom is -0.467 e. The predicted molar refractivity (Wildman–Crippen MR) is 30.5 cm³/mol. The molecule has 0 bridgehead atoms. The molecule has 0 aromatic carbocycles. The number of hydrogen-bond acceptors (Lipinski definition) is 3. The lowest BCUT2D eigenvalue weighted by atomic mass is 10.8. The summed E-state index contributed by atoms with van der Waals surface area (Å²) in [6, 6.07) is 0. The molecule has 0 aliphatic heterocycles. The maximum absolute atomic E-state index is 10.5. The fourth-order valence-corrected chi connectivity index (χ4v) is 0.490. The molecule has 1 aromatic heterocycles. The van der Waals surface area contributed by atoms with E-state index in [9.17, 15) is 4.79 Å². The molecule has 0 unspecified atom stereocenters. The molecule has 0 atom stereocenters. The number of rotatable bonds is 1. The highest BCUT2D eigenvalue weighted by Crippen LogP contribution is 2.02. The van der Waals surface area contributed by atoms with Gasteiger partial charge < -0.3 is 9.15 Å². The van der Waals surface area contributed by atoms with Crippen molar-refractivity contribution in [1.29, 1.82) is 0 Å². The number of hydrogen-bond donors (Lipinski definition) is 0.